The standard InChI is InChI=1S/C44H32N2P/c1-44(2)36-21-12-11-20-34(36)43-42-37(44)22-13-23-39(42)46(43)45-38-27-25-32(47(30-15-5-3-6-16-30)31-17-7-4-8-18-31)28-35(38)41-33-19-10-9-14-29(33)24-26-40(41)45/h3-28H,1-2H3/q+1. The van der Waals surface area contributed by atoms with Crippen molar-refractivity contribution in [3.05, 3.63) is 185 Å². The third-order valence-electron chi connectivity index (χ3n) is 10.3. The van der Waals surface area contributed by atoms with Gasteiger partial charge in [0.25, 0.3) is 11.1 Å². The fraction of sp³-hybridized carbons (Fsp3) is 0.0682. The minimum Gasteiger partial charge on any atom is -0.114 e. The van der Waals surface area contributed by atoms with Crippen molar-refractivity contribution in [3.63, 3.8) is 0 Å². The molecule has 2 nitrogen and oxygen atoms in total. The summed E-state index contributed by atoms with van der Waals surface area (Å²) in [4.78, 5) is 0. The van der Waals surface area contributed by atoms with E-state index in [2.05, 4.69) is 181 Å². The average molecular weight is 620 g/mol. The molecule has 0 fully saturated rings. The van der Waals surface area contributed by atoms with Gasteiger partial charge in [0.1, 0.15) is 16.3 Å². The highest BCUT2D eigenvalue weighted by Gasteiger charge is 2.44. The van der Waals surface area contributed by atoms with E-state index in [1.54, 1.807) is 0 Å². The molecule has 2 heterocycles. The van der Waals surface area contributed by atoms with Gasteiger partial charge in [-0.1, -0.05) is 146 Å². The fourth-order valence-electron chi connectivity index (χ4n) is 8.21. The zero-order valence-electron chi connectivity index (χ0n) is 26.4. The number of fused-ring (bicyclic) bond motifs is 7. The number of rotatable bonds is 4. The number of nitrogens with zero attached hydrogens (tertiary/aromatic N) is 2. The van der Waals surface area contributed by atoms with Crippen molar-refractivity contribution in [2.75, 3.05) is 0 Å². The van der Waals surface area contributed by atoms with Gasteiger partial charge in [-0.25, -0.2) is 0 Å². The summed E-state index contributed by atoms with van der Waals surface area (Å²) in [6, 6.07) is 58.6. The molecule has 3 heteroatoms. The van der Waals surface area contributed by atoms with Gasteiger partial charge in [-0.3, -0.25) is 0 Å². The van der Waals surface area contributed by atoms with Crippen LogP contribution in [0.4, 0.5) is 0 Å². The van der Waals surface area contributed by atoms with Crippen LogP contribution in [0.25, 0.3) is 38.3 Å². The molecule has 222 valence electrons. The van der Waals surface area contributed by atoms with E-state index in [9.17, 15) is 0 Å². The highest BCUT2D eigenvalue weighted by molar-refractivity contribution is 7.79. The second kappa shape index (κ2) is 9.85. The van der Waals surface area contributed by atoms with Crippen LogP contribution in [0.5, 0.6) is 0 Å². The third kappa shape index (κ3) is 3.68. The monoisotopic (exact) mass is 619 g/mol. The van der Waals surface area contributed by atoms with Crippen LogP contribution >= 0.6 is 7.92 Å². The Kier molecular flexibility index (Phi) is 5.63. The van der Waals surface area contributed by atoms with Gasteiger partial charge in [0.05, 0.1) is 5.56 Å². The quantitative estimate of drug-likeness (QED) is 0.143. The lowest BCUT2D eigenvalue weighted by Crippen LogP contribution is -2.59. The first-order valence-electron chi connectivity index (χ1n) is 16.4. The zero-order valence-corrected chi connectivity index (χ0v) is 27.2. The molecule has 10 rings (SSSR count). The van der Waals surface area contributed by atoms with Gasteiger partial charge < -0.3 is 0 Å². The maximum absolute atomic E-state index is 2.49. The Balaban J connectivity index is 1.31. The Labute approximate surface area is 274 Å². The topological polar surface area (TPSA) is 7.94 Å². The van der Waals surface area contributed by atoms with Crippen molar-refractivity contribution in [1.29, 1.82) is 0 Å². The molecule has 0 atom stereocenters. The lowest BCUT2D eigenvalue weighted by molar-refractivity contribution is 0.569. The summed E-state index contributed by atoms with van der Waals surface area (Å²) in [5, 5.41) is 11.9. The van der Waals surface area contributed by atoms with Gasteiger partial charge in [-0.05, 0) is 70.0 Å². The normalized spacial score (nSPS) is 14.4. The van der Waals surface area contributed by atoms with E-state index in [1.807, 2.05) is 0 Å². The maximum Gasteiger partial charge on any atom is 0.258 e. The first kappa shape index (κ1) is 26.9. The molecule has 7 aromatic carbocycles. The minimum atomic E-state index is -0.736. The summed E-state index contributed by atoms with van der Waals surface area (Å²) in [6.07, 6.45) is 0. The predicted octanol–water partition coefficient (Wildman–Crippen LogP) is 7.47. The average Bonchev–Trinajstić information content (AvgIpc) is 3.43. The Bertz CT molecular complexity index is 2660. The summed E-state index contributed by atoms with van der Waals surface area (Å²) in [7, 11) is -0.736. The predicted molar refractivity (Wildman–Crippen MR) is 199 cm³/mol. The lowest BCUT2D eigenvalue weighted by Gasteiger charge is -2.34. The fourth-order valence-corrected chi connectivity index (χ4v) is 10.5. The Morgan fingerprint density at radius 2 is 1.19 bits per heavy atom. The van der Waals surface area contributed by atoms with Crippen LogP contribution in [-0.2, 0) is 5.41 Å². The molecule has 1 aliphatic carbocycles. The van der Waals surface area contributed by atoms with Crippen molar-refractivity contribution < 1.29 is 0 Å². The molecule has 47 heavy (non-hydrogen) atoms. The minimum absolute atomic E-state index is 0.0600. The molecular weight excluding hydrogens is 587 g/mol. The first-order chi connectivity index (χ1) is 23.1. The molecule has 0 unspecified atom stereocenters. The van der Waals surface area contributed by atoms with Gasteiger partial charge in [-0.2, -0.15) is 0 Å². The lowest BCUT2D eigenvalue weighted by atomic mass is 9.70. The Morgan fingerprint density at radius 3 is 1.98 bits per heavy atom. The highest BCUT2D eigenvalue weighted by atomic mass is 31.1. The van der Waals surface area contributed by atoms with Crippen LogP contribution in [0.3, 0.4) is 0 Å². The number of hydrogen-bond acceptors (Lipinski definition) is 0. The second-order valence-electron chi connectivity index (χ2n) is 13.2. The largest absolute Gasteiger partial charge is 0.258 e. The van der Waals surface area contributed by atoms with Gasteiger partial charge in [0.15, 0.2) is 0 Å². The van der Waals surface area contributed by atoms with Crippen molar-refractivity contribution in [2.45, 2.75) is 19.3 Å². The highest BCUT2D eigenvalue weighted by Crippen LogP contribution is 2.42. The van der Waals surface area contributed by atoms with Gasteiger partial charge in [-0.15, -0.1) is 4.68 Å². The van der Waals surface area contributed by atoms with E-state index in [0.717, 1.165) is 0 Å². The molecule has 1 aliphatic heterocycles. The Hall–Kier alpha value is -5.30. The van der Waals surface area contributed by atoms with E-state index in [0.29, 0.717) is 0 Å². The SMILES string of the molecule is CC1(C)c2ccccc2C2=c3c1cccc3=[N+]2n1c2ccc(P(c3ccccc3)c3ccccc3)cc2c2c3ccccc3ccc21. The third-order valence-corrected chi connectivity index (χ3v) is 12.8. The van der Waals surface area contributed by atoms with Crippen LogP contribution < -0.4 is 31.2 Å². The molecule has 0 saturated heterocycles. The maximum atomic E-state index is 2.49. The van der Waals surface area contributed by atoms with E-state index in [-0.39, 0.29) is 5.41 Å². The van der Waals surface area contributed by atoms with E-state index < -0.39 is 7.92 Å². The van der Waals surface area contributed by atoms with Gasteiger partial charge >= 0.3 is 0 Å². The van der Waals surface area contributed by atoms with Crippen LogP contribution in [0, 0.1) is 0 Å². The van der Waals surface area contributed by atoms with Crippen molar-refractivity contribution in [2.24, 2.45) is 0 Å². The van der Waals surface area contributed by atoms with Crippen molar-refractivity contribution in [3.8, 4) is 0 Å². The van der Waals surface area contributed by atoms with Crippen LogP contribution in [0.1, 0.15) is 30.5 Å². The molecule has 0 N–H and O–H groups in total. The van der Waals surface area contributed by atoms with Crippen LogP contribution in [-0.4, -0.2) is 4.68 Å². The molecule has 0 radical (unpaired) electrons. The summed E-state index contributed by atoms with van der Waals surface area (Å²) in [5.41, 5.74) is 7.81. The second-order valence-corrected chi connectivity index (χ2v) is 15.5. The van der Waals surface area contributed by atoms with E-state index >= 15 is 0 Å². The smallest absolute Gasteiger partial charge is 0.114 e. The molecule has 2 aliphatic rings. The van der Waals surface area contributed by atoms with Crippen molar-refractivity contribution in [1.82, 2.24) is 9.36 Å². The van der Waals surface area contributed by atoms with Gasteiger partial charge in [0, 0.05) is 22.3 Å². The summed E-state index contributed by atoms with van der Waals surface area (Å²) < 4.78 is 4.98. The summed E-state index contributed by atoms with van der Waals surface area (Å²) in [5.74, 6) is 0. The zero-order chi connectivity index (χ0) is 31.3. The number of benzene rings is 7. The van der Waals surface area contributed by atoms with Gasteiger partial charge in [0.2, 0.25) is 0 Å². The molecule has 8 aromatic rings. The number of aromatic nitrogens is 1. The molecule has 0 saturated carbocycles. The number of hydrogen-bond donors (Lipinski definition) is 0. The molecule has 1 aromatic heterocycles. The van der Waals surface area contributed by atoms with E-state index in [4.69, 9.17) is 0 Å². The molecule has 0 spiro atoms. The van der Waals surface area contributed by atoms with Crippen LogP contribution in [0.15, 0.2) is 158 Å². The van der Waals surface area contributed by atoms with E-state index in [1.165, 1.54) is 81.5 Å². The first-order valence-corrected chi connectivity index (χ1v) is 17.7. The summed E-state index contributed by atoms with van der Waals surface area (Å²) in [6.45, 7) is 4.74. The molecular formula is C44H32N2P+. The summed E-state index contributed by atoms with van der Waals surface area (Å²) >= 11 is 0. The molecule has 0 amide bonds. The van der Waals surface area contributed by atoms with Crippen molar-refractivity contribution >= 4 is 62.1 Å². The van der Waals surface area contributed by atoms with Crippen LogP contribution in [0.2, 0.25) is 0 Å². The molecule has 0 bridgehead atoms. The Morgan fingerprint density at radius 1 is 0.532 bits per heavy atom.